The van der Waals surface area contributed by atoms with Gasteiger partial charge in [-0.25, -0.2) is 0 Å². The highest BCUT2D eigenvalue weighted by molar-refractivity contribution is 5.81. The number of nitrogens with one attached hydrogen (secondary N) is 1. The van der Waals surface area contributed by atoms with Crippen LogP contribution in [0.25, 0.3) is 0 Å². The Labute approximate surface area is 132 Å². The first-order valence-corrected chi connectivity index (χ1v) is 8.09. The van der Waals surface area contributed by atoms with Gasteiger partial charge in [-0.05, 0) is 43.4 Å². The van der Waals surface area contributed by atoms with Gasteiger partial charge >= 0.3 is 0 Å². The highest BCUT2D eigenvalue weighted by Gasteiger charge is 2.19. The first-order chi connectivity index (χ1) is 10.8. The maximum atomic E-state index is 6.14. The minimum Gasteiger partial charge on any atom is -0.493 e. The first kappa shape index (κ1) is 15.0. The molecule has 120 valence electrons. The van der Waals surface area contributed by atoms with Crippen LogP contribution >= 0.6 is 0 Å². The lowest BCUT2D eigenvalue weighted by atomic mass is 10.2. The van der Waals surface area contributed by atoms with Crippen molar-refractivity contribution in [2.75, 3.05) is 27.2 Å². The molecule has 1 aromatic rings. The molecule has 0 bridgehead atoms. The summed E-state index contributed by atoms with van der Waals surface area (Å²) in [6.07, 6.45) is 5.16. The Kier molecular flexibility index (Phi) is 4.71. The number of hydrogen-bond donors (Lipinski definition) is 1. The molecule has 0 saturated heterocycles. The van der Waals surface area contributed by atoms with Crippen molar-refractivity contribution in [1.82, 2.24) is 10.2 Å². The molecule has 0 unspecified atom stereocenters. The second-order valence-electron chi connectivity index (χ2n) is 5.99. The van der Waals surface area contributed by atoms with Crippen molar-refractivity contribution >= 4 is 5.96 Å². The Hall–Kier alpha value is -1.91. The minimum absolute atomic E-state index is 0.336. The van der Waals surface area contributed by atoms with Gasteiger partial charge in [-0.15, -0.1) is 0 Å². The van der Waals surface area contributed by atoms with Gasteiger partial charge < -0.3 is 19.7 Å². The van der Waals surface area contributed by atoms with Gasteiger partial charge in [0.1, 0.15) is 0 Å². The molecule has 0 atom stereocenters. The number of nitrogens with zero attached hydrogens (tertiary/aromatic N) is 2. The average Bonchev–Trinajstić information content (AvgIpc) is 3.17. The van der Waals surface area contributed by atoms with E-state index >= 15 is 0 Å². The summed E-state index contributed by atoms with van der Waals surface area (Å²) in [4.78, 5) is 6.58. The molecule has 0 radical (unpaired) electrons. The Balaban J connectivity index is 1.66. The molecule has 1 N–H and O–H groups in total. The maximum absolute atomic E-state index is 6.14. The minimum atomic E-state index is 0.336. The zero-order valence-electron chi connectivity index (χ0n) is 13.5. The lowest BCUT2D eigenvalue weighted by molar-refractivity contribution is 0.200. The van der Waals surface area contributed by atoms with Crippen LogP contribution in [0.4, 0.5) is 0 Å². The third-order valence-corrected chi connectivity index (χ3v) is 4.33. The second-order valence-corrected chi connectivity index (χ2v) is 5.99. The van der Waals surface area contributed by atoms with Crippen LogP contribution in [-0.4, -0.2) is 44.2 Å². The number of hydrogen-bond acceptors (Lipinski definition) is 5. The summed E-state index contributed by atoms with van der Waals surface area (Å²) < 4.78 is 11.6. The van der Waals surface area contributed by atoms with E-state index in [1.165, 1.54) is 18.4 Å². The maximum Gasteiger partial charge on any atom is 0.194 e. The van der Waals surface area contributed by atoms with E-state index in [0.717, 1.165) is 49.9 Å². The highest BCUT2D eigenvalue weighted by atomic mass is 16.5. The summed E-state index contributed by atoms with van der Waals surface area (Å²) in [5.74, 6) is 2.63. The monoisotopic (exact) mass is 303 g/mol. The van der Waals surface area contributed by atoms with Crippen LogP contribution in [0.3, 0.4) is 0 Å². The number of guanidine groups is 1. The third kappa shape index (κ3) is 3.46. The quantitative estimate of drug-likeness (QED) is 0.907. The van der Waals surface area contributed by atoms with Gasteiger partial charge in [-0.1, -0.05) is 6.07 Å². The van der Waals surface area contributed by atoms with Crippen LogP contribution in [0.1, 0.15) is 31.2 Å². The van der Waals surface area contributed by atoms with E-state index in [9.17, 15) is 0 Å². The summed E-state index contributed by atoms with van der Waals surface area (Å²) in [6.45, 7) is 2.60. The van der Waals surface area contributed by atoms with Crippen molar-refractivity contribution in [3.05, 3.63) is 23.8 Å². The van der Waals surface area contributed by atoms with E-state index in [0.29, 0.717) is 6.10 Å². The predicted octanol–water partition coefficient (Wildman–Crippen LogP) is 2.41. The summed E-state index contributed by atoms with van der Waals surface area (Å²) in [6, 6.07) is 6.14. The zero-order valence-corrected chi connectivity index (χ0v) is 13.5. The topological polar surface area (TPSA) is 46.1 Å². The van der Waals surface area contributed by atoms with Crippen LogP contribution in [-0.2, 0) is 6.54 Å². The summed E-state index contributed by atoms with van der Waals surface area (Å²) in [7, 11) is 3.75. The predicted molar refractivity (Wildman–Crippen MR) is 87.6 cm³/mol. The lowest BCUT2D eigenvalue weighted by Crippen LogP contribution is -2.35. The van der Waals surface area contributed by atoms with Crippen molar-refractivity contribution in [3.63, 3.8) is 0 Å². The summed E-state index contributed by atoms with van der Waals surface area (Å²) >= 11 is 0. The standard InChI is InChI=1S/C17H25N3O2/c1-20-10-9-18-17(20)19-12-13-7-8-15(21-2)16(11-13)22-14-5-3-4-6-14/h7-8,11,14H,3-6,9-10,12H2,1-2H3,(H,18,19). The van der Waals surface area contributed by atoms with Crippen molar-refractivity contribution in [2.24, 2.45) is 4.99 Å². The fourth-order valence-corrected chi connectivity index (χ4v) is 3.01. The van der Waals surface area contributed by atoms with Crippen molar-refractivity contribution in [3.8, 4) is 11.5 Å². The van der Waals surface area contributed by atoms with Gasteiger partial charge in [0, 0.05) is 20.1 Å². The van der Waals surface area contributed by atoms with Crippen molar-refractivity contribution in [1.29, 1.82) is 0 Å². The molecule has 1 fully saturated rings. The van der Waals surface area contributed by atoms with Crippen LogP contribution in [0.2, 0.25) is 0 Å². The lowest BCUT2D eigenvalue weighted by Gasteiger charge is -2.18. The largest absolute Gasteiger partial charge is 0.493 e. The molecule has 0 aromatic heterocycles. The first-order valence-electron chi connectivity index (χ1n) is 8.09. The van der Waals surface area contributed by atoms with Crippen LogP contribution in [0, 0.1) is 0 Å². The molecule has 1 aliphatic carbocycles. The van der Waals surface area contributed by atoms with E-state index in [1.807, 2.05) is 6.07 Å². The molecule has 1 heterocycles. The van der Waals surface area contributed by atoms with Crippen LogP contribution in [0.15, 0.2) is 23.2 Å². The van der Waals surface area contributed by atoms with Gasteiger partial charge in [0.25, 0.3) is 0 Å². The molecule has 1 saturated carbocycles. The Bertz CT molecular complexity index is 539. The van der Waals surface area contributed by atoms with Crippen molar-refractivity contribution < 1.29 is 9.47 Å². The fourth-order valence-electron chi connectivity index (χ4n) is 3.01. The van der Waals surface area contributed by atoms with Crippen LogP contribution in [0.5, 0.6) is 11.5 Å². The van der Waals surface area contributed by atoms with E-state index in [1.54, 1.807) is 7.11 Å². The number of aliphatic imine (C=N–C) groups is 1. The molecule has 1 aromatic carbocycles. The fraction of sp³-hybridized carbons (Fsp3) is 0.588. The second kappa shape index (κ2) is 6.90. The normalized spacial score (nSPS) is 18.5. The number of ether oxygens (including phenoxy) is 2. The van der Waals surface area contributed by atoms with Gasteiger partial charge in [0.15, 0.2) is 17.5 Å². The van der Waals surface area contributed by atoms with E-state index in [4.69, 9.17) is 9.47 Å². The summed E-state index contributed by atoms with van der Waals surface area (Å²) in [5.41, 5.74) is 1.18. The zero-order chi connectivity index (χ0) is 15.4. The number of likely N-dealkylation sites (N-methyl/N-ethyl adjacent to an activating group) is 1. The highest BCUT2D eigenvalue weighted by Crippen LogP contribution is 2.32. The molecule has 0 amide bonds. The molecule has 0 spiro atoms. The van der Waals surface area contributed by atoms with Crippen LogP contribution < -0.4 is 14.8 Å². The molecule has 5 heteroatoms. The molecule has 3 rings (SSSR count). The molecular formula is C17H25N3O2. The summed E-state index contributed by atoms with van der Waals surface area (Å²) in [5, 5.41) is 3.39. The van der Waals surface area contributed by atoms with Gasteiger partial charge in [0.05, 0.1) is 19.8 Å². The van der Waals surface area contributed by atoms with E-state index in [2.05, 4.69) is 34.4 Å². The Morgan fingerprint density at radius 1 is 1.27 bits per heavy atom. The number of methoxy groups -OCH3 is 1. The van der Waals surface area contributed by atoms with Gasteiger partial charge in [-0.2, -0.15) is 0 Å². The number of rotatable bonds is 5. The van der Waals surface area contributed by atoms with Gasteiger partial charge in [-0.3, -0.25) is 4.99 Å². The molecular weight excluding hydrogens is 278 g/mol. The SMILES string of the molecule is COc1ccc(CNC2=NCCN2C)cc1OC1CCCC1. The van der Waals surface area contributed by atoms with Gasteiger partial charge in [0.2, 0.25) is 0 Å². The number of benzene rings is 1. The van der Waals surface area contributed by atoms with E-state index in [-0.39, 0.29) is 0 Å². The van der Waals surface area contributed by atoms with E-state index < -0.39 is 0 Å². The Morgan fingerprint density at radius 3 is 2.77 bits per heavy atom. The molecule has 2 aliphatic rings. The smallest absolute Gasteiger partial charge is 0.194 e. The molecule has 5 nitrogen and oxygen atoms in total. The molecule has 22 heavy (non-hydrogen) atoms. The average molecular weight is 303 g/mol. The molecule has 1 aliphatic heterocycles. The third-order valence-electron chi connectivity index (χ3n) is 4.33. The van der Waals surface area contributed by atoms with Crippen molar-refractivity contribution in [2.45, 2.75) is 38.3 Å². The Morgan fingerprint density at radius 2 is 2.09 bits per heavy atom.